The van der Waals surface area contributed by atoms with Crippen LogP contribution in [0.25, 0.3) is 0 Å². The highest BCUT2D eigenvalue weighted by molar-refractivity contribution is 5.71. The monoisotopic (exact) mass is 1080 g/mol. The predicted octanol–water partition coefficient (Wildman–Crippen LogP) is 22.6. The van der Waals surface area contributed by atoms with Crippen molar-refractivity contribution in [2.75, 3.05) is 13.2 Å². The highest BCUT2D eigenvalue weighted by Crippen LogP contribution is 2.17. The van der Waals surface area contributed by atoms with Crippen molar-refractivity contribution in [1.82, 2.24) is 0 Å². The molecule has 446 valence electrons. The molecule has 0 aromatic heterocycles. The second-order valence-electron chi connectivity index (χ2n) is 21.6. The van der Waals surface area contributed by atoms with Crippen molar-refractivity contribution < 1.29 is 28.6 Å². The lowest BCUT2D eigenvalue weighted by molar-refractivity contribution is -0.167. The fourth-order valence-electron chi connectivity index (χ4n) is 9.11. The molecule has 6 heteroatoms. The molecule has 0 saturated carbocycles. The molecule has 0 spiro atoms. The van der Waals surface area contributed by atoms with Crippen molar-refractivity contribution in [2.45, 2.75) is 316 Å². The first-order chi connectivity index (χ1) is 38.5. The maximum atomic E-state index is 12.9. The Hall–Kier alpha value is -3.93. The van der Waals surface area contributed by atoms with Crippen LogP contribution in [-0.4, -0.2) is 37.2 Å². The highest BCUT2D eigenvalue weighted by atomic mass is 16.6. The van der Waals surface area contributed by atoms with Gasteiger partial charge in [0.25, 0.3) is 0 Å². The second-order valence-corrected chi connectivity index (χ2v) is 21.6. The van der Waals surface area contributed by atoms with E-state index >= 15 is 0 Å². The SMILES string of the molecule is CC/C=C\C/C=C\C/C=C\C/C=C\C/C=C\C/C=C\C/C=C\C/C=C\CCCCC(=O)OCC(COC(=O)CCCCCCC/C=C\CCC)OC(=O)CCCCCCCCCCCCCCCCCCCCCCCCC. The molecule has 0 bridgehead atoms. The van der Waals surface area contributed by atoms with E-state index in [9.17, 15) is 14.4 Å². The van der Waals surface area contributed by atoms with Crippen molar-refractivity contribution in [1.29, 1.82) is 0 Å². The minimum atomic E-state index is -0.800. The minimum Gasteiger partial charge on any atom is -0.462 e. The zero-order valence-corrected chi connectivity index (χ0v) is 51.2. The molecule has 0 amide bonds. The van der Waals surface area contributed by atoms with E-state index in [2.05, 4.69) is 130 Å². The van der Waals surface area contributed by atoms with Gasteiger partial charge in [-0.05, 0) is 103 Å². The molecule has 0 aromatic carbocycles. The van der Waals surface area contributed by atoms with Crippen molar-refractivity contribution in [3.8, 4) is 0 Å². The molecule has 0 radical (unpaired) electrons. The van der Waals surface area contributed by atoms with E-state index in [4.69, 9.17) is 14.2 Å². The molecule has 78 heavy (non-hydrogen) atoms. The van der Waals surface area contributed by atoms with Crippen LogP contribution in [0.15, 0.2) is 109 Å². The molecule has 1 unspecified atom stereocenters. The third kappa shape index (κ3) is 62.9. The Bertz CT molecular complexity index is 1570. The summed E-state index contributed by atoms with van der Waals surface area (Å²) >= 11 is 0. The topological polar surface area (TPSA) is 78.9 Å². The summed E-state index contributed by atoms with van der Waals surface area (Å²) in [4.78, 5) is 38.2. The molecular weight excluding hydrogens is 961 g/mol. The Morgan fingerprint density at radius 3 is 0.872 bits per heavy atom. The third-order valence-electron chi connectivity index (χ3n) is 14.0. The zero-order valence-electron chi connectivity index (χ0n) is 51.2. The molecule has 0 N–H and O–H groups in total. The number of hydrogen-bond acceptors (Lipinski definition) is 6. The van der Waals surface area contributed by atoms with Crippen LogP contribution in [0.1, 0.15) is 310 Å². The summed E-state index contributed by atoms with van der Waals surface area (Å²) in [6.07, 6.45) is 89.7. The summed E-state index contributed by atoms with van der Waals surface area (Å²) in [5.41, 5.74) is 0. The van der Waals surface area contributed by atoms with E-state index < -0.39 is 6.10 Å². The first-order valence-corrected chi connectivity index (χ1v) is 32.9. The van der Waals surface area contributed by atoms with Crippen LogP contribution >= 0.6 is 0 Å². The molecule has 0 aromatic rings. The van der Waals surface area contributed by atoms with Crippen molar-refractivity contribution >= 4 is 17.9 Å². The van der Waals surface area contributed by atoms with Crippen LogP contribution in [-0.2, 0) is 28.6 Å². The molecule has 6 nitrogen and oxygen atoms in total. The van der Waals surface area contributed by atoms with Gasteiger partial charge in [0.2, 0.25) is 0 Å². The van der Waals surface area contributed by atoms with Gasteiger partial charge in [-0.15, -0.1) is 0 Å². The standard InChI is InChI=1S/C72H122O6/c1-4-7-10-13-16-19-22-24-26-28-30-32-34-35-36-37-39-40-42-44-46-48-50-53-56-59-62-65-71(74)77-68-69(67-76-70(73)64-61-58-55-52-21-18-15-12-9-6-3)78-72(75)66-63-60-57-54-51-49-47-45-43-41-38-33-31-29-27-25-23-20-17-14-11-8-5-2/h7,10,12,15-16,19,24,26,30,32,35-36,39-40,44,46,50,53,69H,4-6,8-9,11,13-14,17-18,20-23,25,27-29,31,33-34,37-38,41-43,45,47-49,51-52,54-68H2,1-3H3/b10-7-,15-12-,19-16-,26-24-,32-30-,36-35-,40-39-,46-44-,53-50-. The summed E-state index contributed by atoms with van der Waals surface area (Å²) in [5.74, 6) is -0.942. The van der Waals surface area contributed by atoms with Gasteiger partial charge in [-0.3, -0.25) is 14.4 Å². The Balaban J connectivity index is 4.32. The van der Waals surface area contributed by atoms with E-state index in [1.54, 1.807) is 0 Å². The fourth-order valence-corrected chi connectivity index (χ4v) is 9.11. The minimum absolute atomic E-state index is 0.0953. The molecule has 0 fully saturated rings. The number of unbranched alkanes of at least 4 members (excludes halogenated alkanes) is 30. The second kappa shape index (κ2) is 65.6. The molecular formula is C72H122O6. The normalized spacial score (nSPS) is 12.8. The summed E-state index contributed by atoms with van der Waals surface area (Å²) in [7, 11) is 0. The Kier molecular flexibility index (Phi) is 62.3. The Morgan fingerprint density at radius 2 is 0.526 bits per heavy atom. The molecule has 0 saturated heterocycles. The lowest BCUT2D eigenvalue weighted by Gasteiger charge is -2.18. The molecule has 0 heterocycles. The number of ether oxygens (including phenoxy) is 3. The maximum Gasteiger partial charge on any atom is 0.306 e. The molecule has 0 rings (SSSR count). The van der Waals surface area contributed by atoms with Crippen molar-refractivity contribution in [2.24, 2.45) is 0 Å². The predicted molar refractivity (Wildman–Crippen MR) is 339 cm³/mol. The lowest BCUT2D eigenvalue weighted by Crippen LogP contribution is -2.30. The number of allylic oxidation sites excluding steroid dienone is 18. The van der Waals surface area contributed by atoms with Crippen molar-refractivity contribution in [3.05, 3.63) is 109 Å². The van der Waals surface area contributed by atoms with Crippen LogP contribution < -0.4 is 0 Å². The van der Waals surface area contributed by atoms with E-state index in [1.165, 1.54) is 141 Å². The number of hydrogen-bond donors (Lipinski definition) is 0. The first-order valence-electron chi connectivity index (χ1n) is 32.9. The summed E-state index contributed by atoms with van der Waals surface area (Å²) in [6.45, 7) is 6.45. The van der Waals surface area contributed by atoms with Gasteiger partial charge in [0, 0.05) is 19.3 Å². The van der Waals surface area contributed by atoms with E-state index in [-0.39, 0.29) is 31.1 Å². The van der Waals surface area contributed by atoms with Gasteiger partial charge in [0.05, 0.1) is 0 Å². The number of esters is 3. The van der Waals surface area contributed by atoms with Crippen molar-refractivity contribution in [3.63, 3.8) is 0 Å². The quantitative estimate of drug-likeness (QED) is 0.0261. The summed E-state index contributed by atoms with van der Waals surface area (Å²) in [6, 6.07) is 0. The van der Waals surface area contributed by atoms with Gasteiger partial charge < -0.3 is 14.2 Å². The smallest absolute Gasteiger partial charge is 0.306 e. The van der Waals surface area contributed by atoms with Gasteiger partial charge in [0.15, 0.2) is 6.10 Å². The van der Waals surface area contributed by atoms with Crippen LogP contribution in [0.3, 0.4) is 0 Å². The largest absolute Gasteiger partial charge is 0.462 e. The molecule has 1 atom stereocenters. The molecule has 0 aliphatic heterocycles. The molecule has 0 aliphatic carbocycles. The van der Waals surface area contributed by atoms with Crippen LogP contribution in [0, 0.1) is 0 Å². The number of carbonyl (C=O) groups excluding carboxylic acids is 3. The van der Waals surface area contributed by atoms with Gasteiger partial charge >= 0.3 is 17.9 Å². The van der Waals surface area contributed by atoms with Crippen LogP contribution in [0.4, 0.5) is 0 Å². The van der Waals surface area contributed by atoms with E-state index in [1.807, 2.05) is 0 Å². The van der Waals surface area contributed by atoms with Crippen LogP contribution in [0.5, 0.6) is 0 Å². The number of rotatable bonds is 59. The van der Waals surface area contributed by atoms with E-state index in [0.717, 1.165) is 128 Å². The van der Waals surface area contributed by atoms with Gasteiger partial charge in [-0.2, -0.15) is 0 Å². The first kappa shape index (κ1) is 74.1. The average molecular weight is 1080 g/mol. The third-order valence-corrected chi connectivity index (χ3v) is 14.0. The maximum absolute atomic E-state index is 12.9. The molecule has 0 aliphatic rings. The van der Waals surface area contributed by atoms with Gasteiger partial charge in [-0.25, -0.2) is 0 Å². The van der Waals surface area contributed by atoms with E-state index in [0.29, 0.717) is 19.3 Å². The Labute approximate surface area is 482 Å². The van der Waals surface area contributed by atoms with Crippen LogP contribution in [0.2, 0.25) is 0 Å². The summed E-state index contributed by atoms with van der Waals surface area (Å²) < 4.78 is 16.9. The van der Waals surface area contributed by atoms with Gasteiger partial charge in [0.1, 0.15) is 13.2 Å². The fraction of sp³-hybridized carbons (Fsp3) is 0.708. The Morgan fingerprint density at radius 1 is 0.269 bits per heavy atom. The lowest BCUT2D eigenvalue weighted by atomic mass is 10.0. The number of carbonyl (C=O) groups is 3. The summed E-state index contributed by atoms with van der Waals surface area (Å²) in [5, 5.41) is 0. The highest BCUT2D eigenvalue weighted by Gasteiger charge is 2.19. The van der Waals surface area contributed by atoms with Gasteiger partial charge in [-0.1, -0.05) is 297 Å². The average Bonchev–Trinajstić information content (AvgIpc) is 3.44. The zero-order chi connectivity index (χ0) is 56.4.